The molecule has 2 amide bonds. The maximum atomic E-state index is 12.4. The van der Waals surface area contributed by atoms with Crippen molar-refractivity contribution in [3.8, 4) is 5.75 Å². The number of benzene rings is 1. The molecular formula is C16H21ClN2O4. The molecule has 1 aliphatic heterocycles. The largest absolute Gasteiger partial charge is 0.495 e. The summed E-state index contributed by atoms with van der Waals surface area (Å²) in [5.41, 5.74) is 0.356. The Labute approximate surface area is 140 Å². The van der Waals surface area contributed by atoms with Gasteiger partial charge in [0.15, 0.2) is 0 Å². The highest BCUT2D eigenvalue weighted by Crippen LogP contribution is 2.28. The van der Waals surface area contributed by atoms with Crippen LogP contribution in [0.5, 0.6) is 5.75 Å². The first-order valence-electron chi connectivity index (χ1n) is 7.63. The molecule has 0 saturated carbocycles. The number of aliphatic hydroxyl groups is 1. The van der Waals surface area contributed by atoms with Crippen molar-refractivity contribution < 1.29 is 19.4 Å². The predicted molar refractivity (Wildman–Crippen MR) is 87.7 cm³/mol. The molecule has 1 heterocycles. The zero-order chi connectivity index (χ0) is 16.8. The van der Waals surface area contributed by atoms with Crippen molar-refractivity contribution in [2.24, 2.45) is 0 Å². The van der Waals surface area contributed by atoms with Crippen LogP contribution in [0.15, 0.2) is 18.2 Å². The normalized spacial score (nSPS) is 17.7. The number of nitrogens with zero attached hydrogens (tertiary/aromatic N) is 1. The van der Waals surface area contributed by atoms with E-state index in [-0.39, 0.29) is 12.6 Å². The number of piperidine rings is 1. The zero-order valence-electron chi connectivity index (χ0n) is 13.0. The molecule has 0 aliphatic carbocycles. The van der Waals surface area contributed by atoms with Crippen LogP contribution in [0.3, 0.4) is 0 Å². The van der Waals surface area contributed by atoms with E-state index < -0.39 is 11.8 Å². The maximum absolute atomic E-state index is 12.4. The number of aliphatic hydroxyl groups excluding tert-OH is 1. The molecule has 0 spiro atoms. The summed E-state index contributed by atoms with van der Waals surface area (Å²) in [6, 6.07) is 4.71. The second-order valence-electron chi connectivity index (χ2n) is 5.46. The van der Waals surface area contributed by atoms with Crippen molar-refractivity contribution in [3.05, 3.63) is 23.2 Å². The summed E-state index contributed by atoms with van der Waals surface area (Å²) in [4.78, 5) is 26.3. The van der Waals surface area contributed by atoms with Gasteiger partial charge in [0.1, 0.15) is 5.75 Å². The minimum atomic E-state index is -0.726. The van der Waals surface area contributed by atoms with E-state index in [0.29, 0.717) is 29.4 Å². The van der Waals surface area contributed by atoms with Crippen LogP contribution in [0.2, 0.25) is 5.02 Å². The Kier molecular flexibility index (Phi) is 6.24. The first-order chi connectivity index (χ1) is 11.1. The highest BCUT2D eigenvalue weighted by molar-refractivity contribution is 6.40. The number of nitrogens with one attached hydrogen (secondary N) is 1. The average molecular weight is 341 g/mol. The van der Waals surface area contributed by atoms with Crippen molar-refractivity contribution in [3.63, 3.8) is 0 Å². The molecule has 0 aromatic heterocycles. The summed E-state index contributed by atoms with van der Waals surface area (Å²) in [6.07, 6.45) is 3.15. The minimum absolute atomic E-state index is 0.00180. The number of halogens is 1. The van der Waals surface area contributed by atoms with Gasteiger partial charge in [-0.3, -0.25) is 9.59 Å². The van der Waals surface area contributed by atoms with Crippen molar-refractivity contribution in [2.45, 2.75) is 31.7 Å². The first-order valence-corrected chi connectivity index (χ1v) is 8.01. The Morgan fingerprint density at radius 1 is 1.43 bits per heavy atom. The van der Waals surface area contributed by atoms with Gasteiger partial charge in [-0.15, -0.1) is 0 Å². The van der Waals surface area contributed by atoms with E-state index in [1.807, 2.05) is 0 Å². The van der Waals surface area contributed by atoms with E-state index in [1.54, 1.807) is 17.0 Å². The molecule has 0 radical (unpaired) electrons. The highest BCUT2D eigenvalue weighted by Gasteiger charge is 2.30. The fourth-order valence-electron chi connectivity index (χ4n) is 2.80. The Bertz CT molecular complexity index is 577. The molecule has 1 saturated heterocycles. The number of hydrogen-bond donors (Lipinski definition) is 2. The van der Waals surface area contributed by atoms with Crippen molar-refractivity contribution in [1.29, 1.82) is 0 Å². The molecule has 1 fully saturated rings. The number of likely N-dealkylation sites (tertiary alicyclic amines) is 1. The van der Waals surface area contributed by atoms with Gasteiger partial charge in [-0.2, -0.15) is 0 Å². The quantitative estimate of drug-likeness (QED) is 0.822. The van der Waals surface area contributed by atoms with Gasteiger partial charge in [-0.1, -0.05) is 11.6 Å². The molecule has 2 N–H and O–H groups in total. The number of carbonyl (C=O) groups excluding carboxylic acids is 2. The first kappa shape index (κ1) is 17.6. The molecule has 1 atom stereocenters. The lowest BCUT2D eigenvalue weighted by molar-refractivity contribution is -0.146. The van der Waals surface area contributed by atoms with E-state index in [9.17, 15) is 9.59 Å². The van der Waals surface area contributed by atoms with Gasteiger partial charge in [-0.05, 0) is 43.9 Å². The molecule has 1 aromatic rings. The Morgan fingerprint density at radius 2 is 2.22 bits per heavy atom. The fraction of sp³-hybridized carbons (Fsp3) is 0.500. The number of amides is 2. The summed E-state index contributed by atoms with van der Waals surface area (Å²) in [5, 5.41) is 12.1. The van der Waals surface area contributed by atoms with Crippen LogP contribution in [-0.4, -0.2) is 48.1 Å². The third-order valence-corrected chi connectivity index (χ3v) is 4.19. The topological polar surface area (TPSA) is 78.9 Å². The van der Waals surface area contributed by atoms with E-state index in [2.05, 4.69) is 5.32 Å². The minimum Gasteiger partial charge on any atom is -0.495 e. The smallest absolute Gasteiger partial charge is 0.314 e. The third-order valence-electron chi connectivity index (χ3n) is 3.95. The maximum Gasteiger partial charge on any atom is 0.314 e. The van der Waals surface area contributed by atoms with Gasteiger partial charge in [0, 0.05) is 24.2 Å². The number of carbonyl (C=O) groups is 2. The molecule has 2 rings (SSSR count). The van der Waals surface area contributed by atoms with Crippen molar-refractivity contribution in [1.82, 2.24) is 4.90 Å². The van der Waals surface area contributed by atoms with Gasteiger partial charge in [0.2, 0.25) is 0 Å². The molecule has 6 nitrogen and oxygen atoms in total. The fourth-order valence-corrected chi connectivity index (χ4v) is 2.97. The lowest BCUT2D eigenvalue weighted by atomic mass is 9.99. The zero-order valence-corrected chi connectivity index (χ0v) is 13.8. The van der Waals surface area contributed by atoms with Crippen LogP contribution < -0.4 is 10.1 Å². The molecule has 7 heteroatoms. The molecule has 1 unspecified atom stereocenters. The molecular weight excluding hydrogens is 320 g/mol. The molecule has 0 bridgehead atoms. The summed E-state index contributed by atoms with van der Waals surface area (Å²) in [7, 11) is 1.47. The van der Waals surface area contributed by atoms with Crippen molar-refractivity contribution in [2.75, 3.05) is 25.6 Å². The Morgan fingerprint density at radius 3 is 2.91 bits per heavy atom. The average Bonchev–Trinajstić information content (AvgIpc) is 2.55. The molecule has 1 aromatic carbocycles. The summed E-state index contributed by atoms with van der Waals surface area (Å²) in [5.74, 6) is -0.887. The Balaban J connectivity index is 2.10. The second-order valence-corrected chi connectivity index (χ2v) is 5.90. The van der Waals surface area contributed by atoms with E-state index in [0.717, 1.165) is 19.3 Å². The van der Waals surface area contributed by atoms with Crippen molar-refractivity contribution >= 4 is 29.1 Å². The summed E-state index contributed by atoms with van der Waals surface area (Å²) >= 11 is 5.92. The van der Waals surface area contributed by atoms with Crippen LogP contribution in [0, 0.1) is 0 Å². The van der Waals surface area contributed by atoms with Gasteiger partial charge in [0.25, 0.3) is 0 Å². The van der Waals surface area contributed by atoms with E-state index in [4.69, 9.17) is 21.4 Å². The van der Waals surface area contributed by atoms with Crippen LogP contribution in [-0.2, 0) is 9.59 Å². The number of ether oxygens (including phenoxy) is 1. The standard InChI is InChI=1S/C16H21ClN2O4/c1-23-14-6-5-11(17)10-13(14)18-15(21)16(22)19-8-3-2-4-12(19)7-9-20/h5-6,10,12,20H,2-4,7-9H2,1H3,(H,18,21). The van der Waals surface area contributed by atoms with E-state index in [1.165, 1.54) is 13.2 Å². The van der Waals surface area contributed by atoms with Gasteiger partial charge in [0.05, 0.1) is 12.8 Å². The highest BCUT2D eigenvalue weighted by atomic mass is 35.5. The third kappa shape index (κ3) is 4.36. The summed E-state index contributed by atoms with van der Waals surface area (Å²) < 4.78 is 5.15. The number of anilines is 1. The summed E-state index contributed by atoms with van der Waals surface area (Å²) in [6.45, 7) is 0.530. The monoisotopic (exact) mass is 340 g/mol. The Hall–Kier alpha value is -1.79. The number of methoxy groups -OCH3 is 1. The van der Waals surface area contributed by atoms with Gasteiger partial charge < -0.3 is 20.1 Å². The van der Waals surface area contributed by atoms with Crippen LogP contribution in [0.1, 0.15) is 25.7 Å². The van der Waals surface area contributed by atoms with Crippen LogP contribution in [0.25, 0.3) is 0 Å². The molecule has 23 heavy (non-hydrogen) atoms. The predicted octanol–water partition coefficient (Wildman–Crippen LogP) is 2.05. The van der Waals surface area contributed by atoms with Crippen LogP contribution >= 0.6 is 11.6 Å². The van der Waals surface area contributed by atoms with Gasteiger partial charge in [-0.25, -0.2) is 0 Å². The lowest BCUT2D eigenvalue weighted by Crippen LogP contribution is -2.48. The lowest BCUT2D eigenvalue weighted by Gasteiger charge is -2.35. The SMILES string of the molecule is COc1ccc(Cl)cc1NC(=O)C(=O)N1CCCCC1CCO. The number of rotatable bonds is 4. The van der Waals surface area contributed by atoms with Gasteiger partial charge >= 0.3 is 11.8 Å². The molecule has 1 aliphatic rings. The van der Waals surface area contributed by atoms with Crippen LogP contribution in [0.4, 0.5) is 5.69 Å². The number of hydrogen-bond acceptors (Lipinski definition) is 4. The van der Waals surface area contributed by atoms with E-state index >= 15 is 0 Å². The molecule has 126 valence electrons. The second kappa shape index (κ2) is 8.17.